The zero-order valence-electron chi connectivity index (χ0n) is 14.6. The topological polar surface area (TPSA) is 83.8 Å². The van der Waals surface area contributed by atoms with Gasteiger partial charge in [0.15, 0.2) is 0 Å². The van der Waals surface area contributed by atoms with E-state index < -0.39 is 16.4 Å². The maximum atomic E-state index is 13.0. The molecule has 7 heteroatoms. The van der Waals surface area contributed by atoms with E-state index in [1.54, 1.807) is 18.2 Å². The number of amides is 2. The number of hydrogen-bond acceptors (Lipinski definition) is 5. The molecule has 1 aliphatic rings. The number of non-ortho nitro benzene ring substituents is 1. The molecular formula is C18H19N3O4. The lowest BCUT2D eigenvalue weighted by atomic mass is 9.92. The van der Waals surface area contributed by atoms with E-state index in [1.165, 1.54) is 17.0 Å². The summed E-state index contributed by atoms with van der Waals surface area (Å²) in [6.45, 7) is 4.05. The van der Waals surface area contributed by atoms with Crippen molar-refractivity contribution in [3.63, 3.8) is 0 Å². The van der Waals surface area contributed by atoms with E-state index in [2.05, 4.69) is 0 Å². The number of rotatable bonds is 4. The van der Waals surface area contributed by atoms with Gasteiger partial charge in [-0.2, -0.15) is 0 Å². The first-order valence-electron chi connectivity index (χ1n) is 7.88. The van der Waals surface area contributed by atoms with Crippen molar-refractivity contribution in [1.82, 2.24) is 9.80 Å². The van der Waals surface area contributed by atoms with Gasteiger partial charge in [0.05, 0.1) is 10.5 Å². The number of nitro benzene ring substituents is 1. The van der Waals surface area contributed by atoms with Gasteiger partial charge in [-0.15, -0.1) is 0 Å². The maximum Gasteiger partial charge on any atom is 0.270 e. The van der Waals surface area contributed by atoms with E-state index >= 15 is 0 Å². The Hall–Kier alpha value is -2.80. The van der Waals surface area contributed by atoms with Crippen molar-refractivity contribution in [3.05, 3.63) is 51.6 Å². The molecule has 0 saturated heterocycles. The Morgan fingerprint density at radius 2 is 1.76 bits per heavy atom. The van der Waals surface area contributed by atoms with Gasteiger partial charge in [-0.05, 0) is 39.4 Å². The number of imide groups is 1. The summed E-state index contributed by atoms with van der Waals surface area (Å²) in [6.07, 6.45) is 0. The predicted octanol–water partition coefficient (Wildman–Crippen LogP) is 2.68. The van der Waals surface area contributed by atoms with Crippen molar-refractivity contribution in [2.45, 2.75) is 19.4 Å². The summed E-state index contributed by atoms with van der Waals surface area (Å²) < 4.78 is 0. The average molecular weight is 341 g/mol. The highest BCUT2D eigenvalue weighted by Crippen LogP contribution is 2.34. The molecule has 7 nitrogen and oxygen atoms in total. The minimum atomic E-state index is -0.527. The van der Waals surface area contributed by atoms with Gasteiger partial charge in [0.1, 0.15) is 0 Å². The number of benzene rings is 2. The van der Waals surface area contributed by atoms with Crippen LogP contribution in [0, 0.1) is 10.1 Å². The van der Waals surface area contributed by atoms with Crippen LogP contribution in [-0.2, 0) is 0 Å². The zero-order valence-corrected chi connectivity index (χ0v) is 14.6. The Labute approximate surface area is 145 Å². The molecule has 25 heavy (non-hydrogen) atoms. The van der Waals surface area contributed by atoms with Gasteiger partial charge in [-0.1, -0.05) is 12.1 Å². The molecule has 0 N–H and O–H groups in total. The van der Waals surface area contributed by atoms with E-state index in [-0.39, 0.29) is 23.7 Å². The highest BCUT2D eigenvalue weighted by Gasteiger charge is 2.37. The number of carbonyl (C=O) groups is 2. The van der Waals surface area contributed by atoms with Crippen LogP contribution in [0.2, 0.25) is 0 Å². The first-order valence-corrected chi connectivity index (χ1v) is 7.88. The Balaban J connectivity index is 2.20. The predicted molar refractivity (Wildman–Crippen MR) is 93.7 cm³/mol. The fourth-order valence-corrected chi connectivity index (χ4v) is 2.92. The van der Waals surface area contributed by atoms with Gasteiger partial charge in [0, 0.05) is 35.2 Å². The molecule has 2 aromatic rings. The Morgan fingerprint density at radius 1 is 1.12 bits per heavy atom. The van der Waals surface area contributed by atoms with Crippen LogP contribution >= 0.6 is 0 Å². The molecule has 0 aromatic heterocycles. The number of carbonyl (C=O) groups excluding carboxylic acids is 2. The monoisotopic (exact) mass is 341 g/mol. The maximum absolute atomic E-state index is 13.0. The van der Waals surface area contributed by atoms with Gasteiger partial charge >= 0.3 is 0 Å². The van der Waals surface area contributed by atoms with Crippen LogP contribution in [0.4, 0.5) is 5.69 Å². The number of hydrogen-bond donors (Lipinski definition) is 0. The molecule has 0 unspecified atom stereocenters. The third kappa shape index (κ3) is 2.66. The van der Waals surface area contributed by atoms with Crippen LogP contribution in [-0.4, -0.2) is 52.7 Å². The quantitative estimate of drug-likeness (QED) is 0.485. The minimum Gasteiger partial charge on any atom is -0.302 e. The summed E-state index contributed by atoms with van der Waals surface area (Å²) in [6, 6.07) is 7.66. The van der Waals surface area contributed by atoms with E-state index in [0.29, 0.717) is 16.3 Å². The van der Waals surface area contributed by atoms with Crippen molar-refractivity contribution in [2.24, 2.45) is 0 Å². The summed E-state index contributed by atoms with van der Waals surface area (Å²) >= 11 is 0. The van der Waals surface area contributed by atoms with Gasteiger partial charge in [0.25, 0.3) is 17.5 Å². The summed E-state index contributed by atoms with van der Waals surface area (Å²) in [5.41, 5.74) is 0.0110. The molecule has 3 rings (SSSR count). The van der Waals surface area contributed by atoms with Gasteiger partial charge in [-0.25, -0.2) is 0 Å². The molecule has 0 atom stereocenters. The van der Waals surface area contributed by atoms with E-state index in [1.807, 2.05) is 32.8 Å². The summed E-state index contributed by atoms with van der Waals surface area (Å²) in [7, 11) is 3.75. The number of nitro groups is 1. The lowest BCUT2D eigenvalue weighted by Gasteiger charge is -2.38. The van der Waals surface area contributed by atoms with Gasteiger partial charge < -0.3 is 4.90 Å². The largest absolute Gasteiger partial charge is 0.302 e. The summed E-state index contributed by atoms with van der Waals surface area (Å²) in [5.74, 6) is -0.862. The second-order valence-corrected chi connectivity index (χ2v) is 7.06. The van der Waals surface area contributed by atoms with Gasteiger partial charge in [-0.3, -0.25) is 24.6 Å². The number of nitrogens with zero attached hydrogens (tertiary/aromatic N) is 3. The Bertz CT molecular complexity index is 918. The Morgan fingerprint density at radius 3 is 2.36 bits per heavy atom. The fraction of sp³-hybridized carbons (Fsp3) is 0.333. The van der Waals surface area contributed by atoms with Gasteiger partial charge in [0.2, 0.25) is 0 Å². The van der Waals surface area contributed by atoms with Crippen LogP contribution in [0.1, 0.15) is 34.6 Å². The normalized spacial score (nSPS) is 14.5. The fourth-order valence-electron chi connectivity index (χ4n) is 2.92. The highest BCUT2D eigenvalue weighted by atomic mass is 16.6. The first-order chi connectivity index (χ1) is 11.6. The highest BCUT2D eigenvalue weighted by molar-refractivity contribution is 6.25. The molecule has 0 radical (unpaired) electrons. The molecule has 0 saturated carbocycles. The molecule has 0 fully saturated rings. The number of likely N-dealkylation sites (N-methyl/N-ethyl adjacent to an activating group) is 1. The second-order valence-electron chi connectivity index (χ2n) is 7.06. The molecule has 130 valence electrons. The third-order valence-corrected chi connectivity index (χ3v) is 4.88. The average Bonchev–Trinajstić information content (AvgIpc) is 2.55. The SMILES string of the molecule is CN(C)C(C)(C)CN1C(=O)c2cccc3cc([N+](=O)[O-])cc(c23)C1=O. The zero-order chi connectivity index (χ0) is 18.5. The lowest BCUT2D eigenvalue weighted by Crippen LogP contribution is -2.53. The van der Waals surface area contributed by atoms with Crippen molar-refractivity contribution in [1.29, 1.82) is 0 Å². The van der Waals surface area contributed by atoms with E-state index in [9.17, 15) is 19.7 Å². The van der Waals surface area contributed by atoms with Crippen LogP contribution in [0.5, 0.6) is 0 Å². The molecule has 1 heterocycles. The summed E-state index contributed by atoms with van der Waals surface area (Å²) in [4.78, 5) is 39.6. The van der Waals surface area contributed by atoms with Crippen LogP contribution < -0.4 is 0 Å². The Kier molecular flexibility index (Phi) is 3.84. The molecule has 0 bridgehead atoms. The lowest BCUT2D eigenvalue weighted by molar-refractivity contribution is -0.384. The van der Waals surface area contributed by atoms with Crippen molar-refractivity contribution in [3.8, 4) is 0 Å². The molecular weight excluding hydrogens is 322 g/mol. The standard InChI is InChI=1S/C18H19N3O4/c1-18(2,19(3)4)10-20-16(22)13-7-5-6-11-8-12(21(24)25)9-14(15(11)13)17(20)23/h5-9H,10H2,1-4H3. The first kappa shape index (κ1) is 17.0. The second kappa shape index (κ2) is 5.63. The van der Waals surface area contributed by atoms with Crippen molar-refractivity contribution < 1.29 is 14.5 Å². The van der Waals surface area contributed by atoms with Crippen molar-refractivity contribution in [2.75, 3.05) is 20.6 Å². The minimum absolute atomic E-state index is 0.158. The molecule has 0 aliphatic carbocycles. The molecule has 0 spiro atoms. The molecule has 1 aliphatic heterocycles. The van der Waals surface area contributed by atoms with Crippen molar-refractivity contribution >= 4 is 28.3 Å². The van der Waals surface area contributed by atoms with E-state index in [0.717, 1.165) is 0 Å². The smallest absolute Gasteiger partial charge is 0.270 e. The van der Waals surface area contributed by atoms with Crippen LogP contribution in [0.15, 0.2) is 30.3 Å². The van der Waals surface area contributed by atoms with Crippen LogP contribution in [0.25, 0.3) is 10.8 Å². The third-order valence-electron chi connectivity index (χ3n) is 4.88. The molecule has 2 aromatic carbocycles. The van der Waals surface area contributed by atoms with Crippen LogP contribution in [0.3, 0.4) is 0 Å². The molecule has 2 amide bonds. The summed E-state index contributed by atoms with van der Waals surface area (Å²) in [5, 5.41) is 12.2. The van der Waals surface area contributed by atoms with E-state index in [4.69, 9.17) is 0 Å².